The Balaban J connectivity index is 1.60. The number of hydrogen-bond donors (Lipinski definition) is 1. The fourth-order valence-corrected chi connectivity index (χ4v) is 3.22. The molecule has 0 radical (unpaired) electrons. The smallest absolute Gasteiger partial charge is 0.350 e. The monoisotopic (exact) mass is 383 g/mol. The minimum absolute atomic E-state index is 0.352. The summed E-state index contributed by atoms with van der Waals surface area (Å²) in [4.78, 5) is 33.2. The molecule has 7 nitrogen and oxygen atoms in total. The van der Waals surface area contributed by atoms with Gasteiger partial charge in [-0.1, -0.05) is 12.1 Å². The lowest BCUT2D eigenvalue weighted by molar-refractivity contribution is -0.119. The number of ether oxygens (including phenoxy) is 2. The van der Waals surface area contributed by atoms with Crippen molar-refractivity contribution in [1.29, 1.82) is 0 Å². The molecule has 1 aromatic carbocycles. The molecule has 0 aliphatic rings. The highest BCUT2D eigenvalue weighted by molar-refractivity contribution is 7.17. The van der Waals surface area contributed by atoms with E-state index in [0.717, 1.165) is 0 Å². The number of thiazole rings is 1. The van der Waals surface area contributed by atoms with Gasteiger partial charge in [-0.25, -0.2) is 9.78 Å². The molecular formula is C19H17N3O4S. The van der Waals surface area contributed by atoms with E-state index in [1.54, 1.807) is 50.6 Å². The van der Waals surface area contributed by atoms with E-state index in [9.17, 15) is 9.59 Å². The Hall–Kier alpha value is -3.26. The van der Waals surface area contributed by atoms with Gasteiger partial charge in [0.15, 0.2) is 6.61 Å². The summed E-state index contributed by atoms with van der Waals surface area (Å²) in [5.41, 5.74) is 1.78. The summed E-state index contributed by atoms with van der Waals surface area (Å²) in [6, 6.07) is 12.4. The van der Waals surface area contributed by atoms with Gasteiger partial charge in [-0.2, -0.15) is 0 Å². The molecule has 0 aliphatic carbocycles. The van der Waals surface area contributed by atoms with Gasteiger partial charge in [-0.15, -0.1) is 11.3 Å². The van der Waals surface area contributed by atoms with Gasteiger partial charge in [0, 0.05) is 18.0 Å². The zero-order chi connectivity index (χ0) is 19.2. The highest BCUT2D eigenvalue weighted by atomic mass is 32.1. The molecule has 3 rings (SSSR count). The number of nitrogens with one attached hydrogen (secondary N) is 1. The third-order valence-electron chi connectivity index (χ3n) is 3.55. The Morgan fingerprint density at radius 1 is 1.19 bits per heavy atom. The number of benzene rings is 1. The number of hydrogen-bond acceptors (Lipinski definition) is 7. The van der Waals surface area contributed by atoms with Crippen LogP contribution >= 0.6 is 11.3 Å². The zero-order valence-electron chi connectivity index (χ0n) is 14.8. The number of anilines is 1. The van der Waals surface area contributed by atoms with Crippen LogP contribution in [0.1, 0.15) is 15.4 Å². The van der Waals surface area contributed by atoms with Crippen LogP contribution in [0.2, 0.25) is 0 Å². The lowest BCUT2D eigenvalue weighted by Gasteiger charge is -2.07. The minimum Gasteiger partial charge on any atom is -0.497 e. The third kappa shape index (κ3) is 4.68. The largest absolute Gasteiger partial charge is 0.497 e. The number of pyridine rings is 1. The second-order valence-electron chi connectivity index (χ2n) is 5.50. The van der Waals surface area contributed by atoms with Crippen molar-refractivity contribution in [3.05, 3.63) is 59.2 Å². The fraction of sp³-hybridized carbons (Fsp3) is 0.158. The number of carbonyl (C=O) groups is 2. The van der Waals surface area contributed by atoms with Gasteiger partial charge in [0.1, 0.15) is 15.6 Å². The minimum atomic E-state index is -0.590. The van der Waals surface area contributed by atoms with Crippen LogP contribution in [0.3, 0.4) is 0 Å². The van der Waals surface area contributed by atoms with Crippen LogP contribution in [-0.4, -0.2) is 35.6 Å². The van der Waals surface area contributed by atoms with Crippen LogP contribution in [0.4, 0.5) is 5.69 Å². The number of rotatable bonds is 6. The van der Waals surface area contributed by atoms with Gasteiger partial charge in [-0.3, -0.25) is 9.78 Å². The van der Waals surface area contributed by atoms with Gasteiger partial charge >= 0.3 is 5.97 Å². The number of esters is 1. The molecule has 0 saturated carbocycles. The van der Waals surface area contributed by atoms with Crippen molar-refractivity contribution in [3.63, 3.8) is 0 Å². The van der Waals surface area contributed by atoms with Crippen LogP contribution in [0.5, 0.6) is 5.75 Å². The van der Waals surface area contributed by atoms with Crippen LogP contribution < -0.4 is 10.1 Å². The molecule has 0 spiro atoms. The molecule has 1 amide bonds. The first-order chi connectivity index (χ1) is 13.1. The SMILES string of the molecule is COc1cccc(NC(=O)COC(=O)c2sc(-c3ccccn3)nc2C)c1. The Bertz CT molecular complexity index is 957. The number of aromatic nitrogens is 2. The van der Waals surface area contributed by atoms with E-state index in [1.165, 1.54) is 11.3 Å². The Morgan fingerprint density at radius 2 is 2.04 bits per heavy atom. The molecule has 27 heavy (non-hydrogen) atoms. The van der Waals surface area contributed by atoms with Crippen LogP contribution in [0, 0.1) is 6.92 Å². The van der Waals surface area contributed by atoms with E-state index in [1.807, 2.05) is 12.1 Å². The summed E-state index contributed by atoms with van der Waals surface area (Å²) in [5, 5.41) is 3.28. The molecular weight excluding hydrogens is 366 g/mol. The van der Waals surface area contributed by atoms with E-state index in [2.05, 4.69) is 15.3 Å². The first kappa shape index (κ1) is 18.5. The topological polar surface area (TPSA) is 90.4 Å². The third-order valence-corrected chi connectivity index (χ3v) is 4.71. The van der Waals surface area contributed by atoms with Gasteiger partial charge in [0.05, 0.1) is 18.5 Å². The maximum Gasteiger partial charge on any atom is 0.350 e. The molecule has 0 aliphatic heterocycles. The van der Waals surface area contributed by atoms with Crippen molar-refractivity contribution in [2.45, 2.75) is 6.92 Å². The van der Waals surface area contributed by atoms with Crippen LogP contribution in [0.15, 0.2) is 48.7 Å². The maximum absolute atomic E-state index is 12.3. The van der Waals surface area contributed by atoms with Crippen molar-refractivity contribution in [3.8, 4) is 16.5 Å². The quantitative estimate of drug-likeness (QED) is 0.657. The summed E-state index contributed by atoms with van der Waals surface area (Å²) in [5.74, 6) is -0.413. The van der Waals surface area contributed by atoms with E-state index in [0.29, 0.717) is 32.7 Å². The summed E-state index contributed by atoms with van der Waals surface area (Å²) >= 11 is 1.18. The van der Waals surface area contributed by atoms with Crippen LogP contribution in [-0.2, 0) is 9.53 Å². The lowest BCUT2D eigenvalue weighted by Crippen LogP contribution is -2.20. The molecule has 0 fully saturated rings. The summed E-state index contributed by atoms with van der Waals surface area (Å²) in [7, 11) is 1.54. The molecule has 8 heteroatoms. The molecule has 0 saturated heterocycles. The standard InChI is InChI=1S/C19H17N3O4S/c1-12-17(27-18(21-12)15-8-3-4-9-20-15)19(24)26-11-16(23)22-13-6-5-7-14(10-13)25-2/h3-10H,11H2,1-2H3,(H,22,23). The predicted octanol–water partition coefficient (Wildman–Crippen LogP) is 3.32. The molecule has 1 N–H and O–H groups in total. The van der Waals surface area contributed by atoms with E-state index in [4.69, 9.17) is 9.47 Å². The molecule has 3 aromatic rings. The van der Waals surface area contributed by atoms with Gasteiger partial charge in [-0.05, 0) is 31.2 Å². The van der Waals surface area contributed by atoms with E-state index < -0.39 is 18.5 Å². The first-order valence-corrected chi connectivity index (χ1v) is 8.88. The van der Waals surface area contributed by atoms with Crippen molar-refractivity contribution in [1.82, 2.24) is 9.97 Å². The van der Waals surface area contributed by atoms with Crippen molar-refractivity contribution in [2.75, 3.05) is 19.0 Å². The van der Waals surface area contributed by atoms with Gasteiger partial charge in [0.2, 0.25) is 0 Å². The van der Waals surface area contributed by atoms with E-state index >= 15 is 0 Å². The molecule has 0 unspecified atom stereocenters. The first-order valence-electron chi connectivity index (χ1n) is 8.06. The molecule has 2 aromatic heterocycles. The summed E-state index contributed by atoms with van der Waals surface area (Å²) in [6.45, 7) is 1.32. The number of carbonyl (C=O) groups excluding carboxylic acids is 2. The molecule has 0 atom stereocenters. The van der Waals surface area contributed by atoms with E-state index in [-0.39, 0.29) is 0 Å². The molecule has 0 bridgehead atoms. The maximum atomic E-state index is 12.3. The van der Waals surface area contributed by atoms with Crippen LogP contribution in [0.25, 0.3) is 10.7 Å². The average Bonchev–Trinajstić information content (AvgIpc) is 3.09. The lowest BCUT2D eigenvalue weighted by atomic mass is 10.3. The Labute approximate surface area is 160 Å². The number of nitrogens with zero attached hydrogens (tertiary/aromatic N) is 2. The van der Waals surface area contributed by atoms with Crippen molar-refractivity contribution < 1.29 is 19.1 Å². The Kier molecular flexibility index (Phi) is 5.77. The summed E-state index contributed by atoms with van der Waals surface area (Å²) in [6.07, 6.45) is 1.66. The summed E-state index contributed by atoms with van der Waals surface area (Å²) < 4.78 is 10.2. The second kappa shape index (κ2) is 8.41. The number of amides is 1. The van der Waals surface area contributed by atoms with Gasteiger partial charge < -0.3 is 14.8 Å². The normalized spacial score (nSPS) is 10.3. The molecule has 2 heterocycles. The highest BCUT2D eigenvalue weighted by Gasteiger charge is 2.19. The Morgan fingerprint density at radius 3 is 2.78 bits per heavy atom. The van der Waals surface area contributed by atoms with Gasteiger partial charge in [0.25, 0.3) is 5.91 Å². The van der Waals surface area contributed by atoms with Crippen molar-refractivity contribution >= 4 is 28.9 Å². The number of methoxy groups -OCH3 is 1. The second-order valence-corrected chi connectivity index (χ2v) is 6.50. The zero-order valence-corrected chi connectivity index (χ0v) is 15.6. The fourth-order valence-electron chi connectivity index (χ4n) is 2.28. The molecule has 138 valence electrons. The highest BCUT2D eigenvalue weighted by Crippen LogP contribution is 2.26. The average molecular weight is 383 g/mol. The van der Waals surface area contributed by atoms with Crippen molar-refractivity contribution in [2.24, 2.45) is 0 Å². The predicted molar refractivity (Wildman–Crippen MR) is 102 cm³/mol. The number of aryl methyl sites for hydroxylation is 1.